The molecule has 2 aromatic rings. The molecule has 0 N–H and O–H groups in total. The van der Waals surface area contributed by atoms with Gasteiger partial charge in [0.1, 0.15) is 5.75 Å². The Hall–Kier alpha value is -2.15. The zero-order valence-electron chi connectivity index (χ0n) is 10.8. The molecular weight excluding hydrogens is 328 g/mol. The highest BCUT2D eigenvalue weighted by Crippen LogP contribution is 2.33. The van der Waals surface area contributed by atoms with Crippen molar-refractivity contribution in [1.82, 2.24) is 4.98 Å². The fraction of sp³-hybridized carbons (Fsp3) is 0.154. The zero-order valence-corrected chi connectivity index (χ0v) is 12.4. The summed E-state index contributed by atoms with van der Waals surface area (Å²) in [4.78, 5) is 14.5. The molecule has 20 heavy (non-hydrogen) atoms. The molecule has 0 saturated heterocycles. The van der Waals surface area contributed by atoms with E-state index in [1.165, 1.54) is 19.2 Å². The molecule has 104 valence electrons. The number of ether oxygens (including phenoxy) is 2. The van der Waals surface area contributed by atoms with Crippen LogP contribution in [0.5, 0.6) is 17.4 Å². The lowest BCUT2D eigenvalue weighted by atomic mass is 10.2. The Kier molecular flexibility index (Phi) is 4.19. The van der Waals surface area contributed by atoms with Gasteiger partial charge >= 0.3 is 5.69 Å². The topological polar surface area (TPSA) is 74.5 Å². The molecule has 0 fully saturated rings. The monoisotopic (exact) mass is 338 g/mol. The second-order valence-corrected chi connectivity index (χ2v) is 4.88. The van der Waals surface area contributed by atoms with Crippen LogP contribution in [0.3, 0.4) is 0 Å². The molecule has 0 unspecified atom stereocenters. The molecule has 1 aromatic carbocycles. The summed E-state index contributed by atoms with van der Waals surface area (Å²) in [7, 11) is 1.38. The maximum atomic E-state index is 10.9. The van der Waals surface area contributed by atoms with Gasteiger partial charge in [0.2, 0.25) is 5.88 Å². The van der Waals surface area contributed by atoms with Crippen molar-refractivity contribution >= 4 is 21.6 Å². The van der Waals surface area contributed by atoms with Gasteiger partial charge in [-0.25, -0.2) is 4.98 Å². The van der Waals surface area contributed by atoms with E-state index in [1.807, 2.05) is 13.0 Å². The highest BCUT2D eigenvalue weighted by atomic mass is 79.9. The minimum Gasteiger partial charge on any atom is -0.490 e. The standard InChI is InChI=1S/C13H11BrN2O4/c1-8-5-9(14)7-15-13(8)20-10-3-4-12(19-2)11(6-10)16(17)18/h3-7H,1-2H3. The van der Waals surface area contributed by atoms with Gasteiger partial charge in [0.05, 0.1) is 18.1 Å². The fourth-order valence-corrected chi connectivity index (χ4v) is 2.07. The van der Waals surface area contributed by atoms with Gasteiger partial charge < -0.3 is 9.47 Å². The SMILES string of the molecule is COc1ccc(Oc2ncc(Br)cc2C)cc1[N+](=O)[O-]. The molecule has 6 nitrogen and oxygen atoms in total. The largest absolute Gasteiger partial charge is 0.490 e. The minimum absolute atomic E-state index is 0.153. The lowest BCUT2D eigenvalue weighted by Gasteiger charge is -2.08. The third-order valence-electron chi connectivity index (χ3n) is 2.56. The van der Waals surface area contributed by atoms with E-state index >= 15 is 0 Å². The number of hydrogen-bond acceptors (Lipinski definition) is 5. The number of aryl methyl sites for hydroxylation is 1. The summed E-state index contributed by atoms with van der Waals surface area (Å²) in [6.45, 7) is 1.84. The van der Waals surface area contributed by atoms with E-state index in [9.17, 15) is 10.1 Å². The molecule has 0 aliphatic rings. The summed E-state index contributed by atoms with van der Waals surface area (Å²) in [5, 5.41) is 10.9. The molecular formula is C13H11BrN2O4. The van der Waals surface area contributed by atoms with Crippen molar-refractivity contribution in [2.75, 3.05) is 7.11 Å². The van der Waals surface area contributed by atoms with Crippen LogP contribution in [0, 0.1) is 17.0 Å². The normalized spacial score (nSPS) is 10.2. The Labute approximate surface area is 123 Å². The number of benzene rings is 1. The molecule has 1 aromatic heterocycles. The van der Waals surface area contributed by atoms with E-state index in [1.54, 1.807) is 12.3 Å². The van der Waals surface area contributed by atoms with Crippen LogP contribution >= 0.6 is 15.9 Å². The lowest BCUT2D eigenvalue weighted by molar-refractivity contribution is -0.385. The van der Waals surface area contributed by atoms with Crippen molar-refractivity contribution in [3.63, 3.8) is 0 Å². The highest BCUT2D eigenvalue weighted by molar-refractivity contribution is 9.10. The highest BCUT2D eigenvalue weighted by Gasteiger charge is 2.16. The van der Waals surface area contributed by atoms with Crippen molar-refractivity contribution in [1.29, 1.82) is 0 Å². The first-order chi connectivity index (χ1) is 9.51. The van der Waals surface area contributed by atoms with Crippen LogP contribution in [0.2, 0.25) is 0 Å². The molecule has 2 rings (SSSR count). The third-order valence-corrected chi connectivity index (χ3v) is 2.99. The maximum absolute atomic E-state index is 10.9. The molecule has 0 atom stereocenters. The molecule has 0 spiro atoms. The molecule has 0 radical (unpaired) electrons. The predicted molar refractivity (Wildman–Crippen MR) is 76.4 cm³/mol. The van der Waals surface area contributed by atoms with Gasteiger partial charge in [-0.1, -0.05) is 0 Å². The Morgan fingerprint density at radius 1 is 1.35 bits per heavy atom. The molecule has 0 saturated carbocycles. The van der Waals surface area contributed by atoms with Crippen LogP contribution in [0.1, 0.15) is 5.56 Å². The van der Waals surface area contributed by atoms with Gasteiger partial charge in [-0.2, -0.15) is 0 Å². The predicted octanol–water partition coefficient (Wildman–Crippen LogP) is 3.86. The van der Waals surface area contributed by atoms with Crippen LogP contribution in [-0.2, 0) is 0 Å². The van der Waals surface area contributed by atoms with Crippen LogP contribution in [0.15, 0.2) is 34.9 Å². The summed E-state index contributed by atoms with van der Waals surface area (Å²) in [6, 6.07) is 6.24. The van der Waals surface area contributed by atoms with Crippen molar-refractivity contribution in [3.05, 3.63) is 50.6 Å². The van der Waals surface area contributed by atoms with E-state index in [4.69, 9.17) is 9.47 Å². The average Bonchev–Trinajstić information content (AvgIpc) is 2.41. The van der Waals surface area contributed by atoms with Crippen LogP contribution in [-0.4, -0.2) is 17.0 Å². The summed E-state index contributed by atoms with van der Waals surface area (Å²) >= 11 is 3.31. The summed E-state index contributed by atoms with van der Waals surface area (Å²) in [5.74, 6) is 0.908. The van der Waals surface area contributed by atoms with Crippen LogP contribution < -0.4 is 9.47 Å². The Morgan fingerprint density at radius 2 is 2.10 bits per heavy atom. The van der Waals surface area contributed by atoms with Gasteiger partial charge in [-0.15, -0.1) is 0 Å². The van der Waals surface area contributed by atoms with Crippen LogP contribution in [0.25, 0.3) is 0 Å². The number of halogens is 1. The first kappa shape index (κ1) is 14.3. The Morgan fingerprint density at radius 3 is 2.70 bits per heavy atom. The van der Waals surface area contributed by atoms with Gasteiger partial charge in [0.15, 0.2) is 5.75 Å². The molecule has 0 amide bonds. The Balaban J connectivity index is 2.34. The van der Waals surface area contributed by atoms with Crippen LogP contribution in [0.4, 0.5) is 5.69 Å². The second kappa shape index (κ2) is 5.87. The zero-order chi connectivity index (χ0) is 14.7. The second-order valence-electron chi connectivity index (χ2n) is 3.97. The minimum atomic E-state index is -0.520. The number of methoxy groups -OCH3 is 1. The van der Waals surface area contributed by atoms with Crippen molar-refractivity contribution in [2.45, 2.75) is 6.92 Å². The number of aromatic nitrogens is 1. The first-order valence-electron chi connectivity index (χ1n) is 5.63. The van der Waals surface area contributed by atoms with E-state index in [2.05, 4.69) is 20.9 Å². The van der Waals surface area contributed by atoms with E-state index < -0.39 is 4.92 Å². The third kappa shape index (κ3) is 3.05. The van der Waals surface area contributed by atoms with Crippen molar-refractivity contribution in [2.24, 2.45) is 0 Å². The quantitative estimate of drug-likeness (QED) is 0.625. The number of nitro benzene ring substituents is 1. The van der Waals surface area contributed by atoms with Crippen molar-refractivity contribution < 1.29 is 14.4 Å². The van der Waals surface area contributed by atoms with Gasteiger partial charge in [0, 0.05) is 16.2 Å². The molecule has 0 bridgehead atoms. The van der Waals surface area contributed by atoms with Gasteiger partial charge in [0.25, 0.3) is 0 Å². The average molecular weight is 339 g/mol. The lowest BCUT2D eigenvalue weighted by Crippen LogP contribution is -1.96. The fourth-order valence-electron chi connectivity index (χ4n) is 1.62. The van der Waals surface area contributed by atoms with Gasteiger partial charge in [-0.3, -0.25) is 10.1 Å². The molecule has 1 heterocycles. The van der Waals surface area contributed by atoms with Crippen molar-refractivity contribution in [3.8, 4) is 17.4 Å². The number of nitrogens with zero attached hydrogens (tertiary/aromatic N) is 2. The van der Waals surface area contributed by atoms with E-state index in [0.29, 0.717) is 11.6 Å². The van der Waals surface area contributed by atoms with E-state index in [0.717, 1.165) is 10.0 Å². The van der Waals surface area contributed by atoms with Gasteiger partial charge in [-0.05, 0) is 41.1 Å². The van der Waals surface area contributed by atoms with E-state index in [-0.39, 0.29) is 11.4 Å². The Bertz CT molecular complexity index is 661. The number of pyridine rings is 1. The molecule has 7 heteroatoms. The summed E-state index contributed by atoms with van der Waals surface area (Å²) in [5.41, 5.74) is 0.664. The summed E-state index contributed by atoms with van der Waals surface area (Å²) in [6.07, 6.45) is 1.60. The number of hydrogen-bond donors (Lipinski definition) is 0. The molecule has 0 aliphatic heterocycles. The maximum Gasteiger partial charge on any atom is 0.314 e. The summed E-state index contributed by atoms with van der Waals surface area (Å²) < 4.78 is 11.3. The molecule has 0 aliphatic carbocycles. The smallest absolute Gasteiger partial charge is 0.314 e. The number of nitro groups is 1. The first-order valence-corrected chi connectivity index (χ1v) is 6.43. The number of rotatable bonds is 4.